The van der Waals surface area contributed by atoms with Crippen molar-refractivity contribution in [3.8, 4) is 16.8 Å². The molecule has 12 rings (SSSR count). The molecule has 0 bridgehead atoms. The van der Waals surface area contributed by atoms with Gasteiger partial charge < -0.3 is 8.98 Å². The topological polar surface area (TPSA) is 18.1 Å². The van der Waals surface area contributed by atoms with E-state index in [2.05, 4.69) is 180 Å². The molecule has 0 saturated carbocycles. The zero-order chi connectivity index (χ0) is 33.9. The summed E-state index contributed by atoms with van der Waals surface area (Å²) >= 11 is 0. The van der Waals surface area contributed by atoms with E-state index in [1.54, 1.807) is 0 Å². The molecule has 0 saturated heterocycles. The van der Waals surface area contributed by atoms with E-state index in [1.165, 1.54) is 81.1 Å². The Labute approximate surface area is 298 Å². The highest BCUT2D eigenvalue weighted by Crippen LogP contribution is 2.50. The first-order valence-electron chi connectivity index (χ1n) is 17.9. The molecule has 52 heavy (non-hydrogen) atoms. The SMILES string of the molecule is c1ccc2c(c1)ccc1ccc(-c3ccc(-n4c5ccccc5c5c6c7ccccc7c7ccccc7c6c6c7ccccc7oc6c54)cc3)cc12. The Morgan fingerprint density at radius 2 is 0.885 bits per heavy atom. The predicted molar refractivity (Wildman–Crippen MR) is 221 cm³/mol. The Balaban J connectivity index is 1.20. The van der Waals surface area contributed by atoms with Gasteiger partial charge in [0.05, 0.1) is 11.0 Å². The number of hydrogen-bond donors (Lipinski definition) is 0. The van der Waals surface area contributed by atoms with Crippen LogP contribution in [-0.2, 0) is 0 Å². The average Bonchev–Trinajstić information content (AvgIpc) is 3.77. The van der Waals surface area contributed by atoms with Crippen molar-refractivity contribution in [3.63, 3.8) is 0 Å². The van der Waals surface area contributed by atoms with Crippen molar-refractivity contribution in [3.05, 3.63) is 176 Å². The highest BCUT2D eigenvalue weighted by Gasteiger charge is 2.25. The lowest BCUT2D eigenvalue weighted by molar-refractivity contribution is 0.671. The van der Waals surface area contributed by atoms with Gasteiger partial charge in [0.2, 0.25) is 0 Å². The molecule has 12 aromatic rings. The van der Waals surface area contributed by atoms with Crippen LogP contribution in [0.15, 0.2) is 180 Å². The van der Waals surface area contributed by atoms with Gasteiger partial charge in [-0.25, -0.2) is 0 Å². The van der Waals surface area contributed by atoms with E-state index >= 15 is 0 Å². The summed E-state index contributed by atoms with van der Waals surface area (Å²) in [4.78, 5) is 0. The third-order valence-corrected chi connectivity index (χ3v) is 11.3. The van der Waals surface area contributed by atoms with Gasteiger partial charge in [0.25, 0.3) is 0 Å². The number of furan rings is 1. The molecule has 0 spiro atoms. The first-order chi connectivity index (χ1) is 25.8. The fourth-order valence-electron chi connectivity index (χ4n) is 9.08. The molecule has 0 amide bonds. The van der Waals surface area contributed by atoms with Crippen LogP contribution in [0.4, 0.5) is 0 Å². The minimum atomic E-state index is 0.902. The Kier molecular flexibility index (Phi) is 5.53. The second-order valence-corrected chi connectivity index (χ2v) is 14.0. The Morgan fingerprint density at radius 3 is 1.63 bits per heavy atom. The van der Waals surface area contributed by atoms with Crippen LogP contribution in [0.2, 0.25) is 0 Å². The quantitative estimate of drug-likeness (QED) is 0.169. The molecule has 2 nitrogen and oxygen atoms in total. The van der Waals surface area contributed by atoms with Crippen molar-refractivity contribution in [2.75, 3.05) is 0 Å². The van der Waals surface area contributed by atoms with Crippen molar-refractivity contribution in [1.29, 1.82) is 0 Å². The van der Waals surface area contributed by atoms with Gasteiger partial charge in [-0.05, 0) is 84.5 Å². The average molecular weight is 660 g/mol. The van der Waals surface area contributed by atoms with E-state index in [0.717, 1.165) is 33.3 Å². The van der Waals surface area contributed by atoms with Gasteiger partial charge in [0, 0.05) is 38.0 Å². The lowest BCUT2D eigenvalue weighted by Gasteiger charge is -2.14. The van der Waals surface area contributed by atoms with Crippen molar-refractivity contribution in [2.24, 2.45) is 0 Å². The molecule has 2 aromatic heterocycles. The van der Waals surface area contributed by atoms with E-state index in [1.807, 2.05) is 0 Å². The standard InChI is InChI=1S/C50H29NO/c1-2-12-35-31(11-1)21-22-32-23-24-33(29-42(32)35)30-25-27-34(28-26-30)51-43-19-9-7-17-40(43)47-45-38-15-5-3-13-36(38)37-14-4-6-16-39(37)46(45)48-41-18-8-10-20-44(41)52-50(48)49(47)51/h1-29H. The first-order valence-corrected chi connectivity index (χ1v) is 17.9. The first kappa shape index (κ1) is 27.9. The number of fused-ring (bicyclic) bond motifs is 18. The number of hydrogen-bond acceptors (Lipinski definition) is 1. The summed E-state index contributed by atoms with van der Waals surface area (Å²) in [5.41, 5.74) is 7.59. The van der Waals surface area contributed by atoms with Gasteiger partial charge >= 0.3 is 0 Å². The van der Waals surface area contributed by atoms with E-state index in [9.17, 15) is 0 Å². The molecule has 0 aliphatic heterocycles. The molecular formula is C50H29NO. The molecule has 0 aliphatic rings. The second-order valence-electron chi connectivity index (χ2n) is 14.0. The van der Waals surface area contributed by atoms with E-state index in [-0.39, 0.29) is 0 Å². The minimum Gasteiger partial charge on any atom is -0.454 e. The van der Waals surface area contributed by atoms with E-state index in [4.69, 9.17) is 4.42 Å². The molecule has 10 aromatic carbocycles. The number of nitrogens with zero attached hydrogens (tertiary/aromatic N) is 1. The van der Waals surface area contributed by atoms with Crippen LogP contribution >= 0.6 is 0 Å². The zero-order valence-electron chi connectivity index (χ0n) is 28.1. The Hall–Kier alpha value is -6.90. The molecule has 2 heteroatoms. The Bertz CT molecular complexity index is 3450. The molecule has 2 heterocycles. The number of rotatable bonds is 2. The monoisotopic (exact) mass is 659 g/mol. The van der Waals surface area contributed by atoms with E-state index < -0.39 is 0 Å². The lowest BCUT2D eigenvalue weighted by atomic mass is 9.89. The third-order valence-electron chi connectivity index (χ3n) is 11.3. The smallest absolute Gasteiger partial charge is 0.160 e. The van der Waals surface area contributed by atoms with Crippen LogP contribution in [0, 0.1) is 0 Å². The third kappa shape index (κ3) is 3.68. The minimum absolute atomic E-state index is 0.902. The maximum absolute atomic E-state index is 6.97. The summed E-state index contributed by atoms with van der Waals surface area (Å²) < 4.78 is 9.40. The summed E-state index contributed by atoms with van der Waals surface area (Å²) in [6.45, 7) is 0. The summed E-state index contributed by atoms with van der Waals surface area (Å²) in [6.07, 6.45) is 0. The number of para-hydroxylation sites is 2. The van der Waals surface area contributed by atoms with Crippen molar-refractivity contribution in [2.45, 2.75) is 0 Å². The maximum Gasteiger partial charge on any atom is 0.160 e. The number of benzene rings is 10. The highest BCUT2D eigenvalue weighted by molar-refractivity contribution is 6.44. The van der Waals surface area contributed by atoms with Crippen LogP contribution < -0.4 is 0 Å². The summed E-state index contributed by atoms with van der Waals surface area (Å²) in [6, 6.07) is 64.1. The van der Waals surface area contributed by atoms with Crippen LogP contribution in [0.25, 0.3) is 114 Å². The number of aromatic nitrogens is 1. The van der Waals surface area contributed by atoms with Crippen molar-refractivity contribution < 1.29 is 4.42 Å². The fraction of sp³-hybridized carbons (Fsp3) is 0. The van der Waals surface area contributed by atoms with Gasteiger partial charge in [0.1, 0.15) is 5.58 Å². The van der Waals surface area contributed by atoms with Gasteiger partial charge in [-0.2, -0.15) is 0 Å². The van der Waals surface area contributed by atoms with Crippen molar-refractivity contribution in [1.82, 2.24) is 4.57 Å². The fourth-order valence-corrected chi connectivity index (χ4v) is 9.08. The molecule has 0 atom stereocenters. The van der Waals surface area contributed by atoms with Crippen LogP contribution in [-0.4, -0.2) is 4.57 Å². The van der Waals surface area contributed by atoms with E-state index in [0.29, 0.717) is 0 Å². The van der Waals surface area contributed by atoms with Crippen LogP contribution in [0.5, 0.6) is 0 Å². The van der Waals surface area contributed by atoms with Crippen LogP contribution in [0.3, 0.4) is 0 Å². The summed E-state index contributed by atoms with van der Waals surface area (Å²) in [7, 11) is 0. The maximum atomic E-state index is 6.97. The molecule has 0 N–H and O–H groups in total. The zero-order valence-corrected chi connectivity index (χ0v) is 28.1. The van der Waals surface area contributed by atoms with Crippen LogP contribution in [0.1, 0.15) is 0 Å². The normalized spacial score (nSPS) is 12.2. The second kappa shape index (κ2) is 10.3. The molecule has 0 radical (unpaired) electrons. The summed E-state index contributed by atoms with van der Waals surface area (Å²) in [5, 5.41) is 17.4. The predicted octanol–water partition coefficient (Wildman–Crippen LogP) is 14.1. The molecular weight excluding hydrogens is 631 g/mol. The van der Waals surface area contributed by atoms with Crippen molar-refractivity contribution >= 4 is 97.6 Å². The molecule has 0 fully saturated rings. The molecule has 0 unspecified atom stereocenters. The molecule has 240 valence electrons. The van der Waals surface area contributed by atoms with Gasteiger partial charge in [-0.15, -0.1) is 0 Å². The summed E-state index contributed by atoms with van der Waals surface area (Å²) in [5.74, 6) is 0. The lowest BCUT2D eigenvalue weighted by Crippen LogP contribution is -1.95. The Morgan fingerprint density at radius 1 is 0.346 bits per heavy atom. The highest BCUT2D eigenvalue weighted by atomic mass is 16.3. The largest absolute Gasteiger partial charge is 0.454 e. The van der Waals surface area contributed by atoms with Gasteiger partial charge in [0.15, 0.2) is 5.58 Å². The van der Waals surface area contributed by atoms with Gasteiger partial charge in [-0.3, -0.25) is 0 Å². The van der Waals surface area contributed by atoms with Gasteiger partial charge in [-0.1, -0.05) is 146 Å². The molecule has 0 aliphatic carbocycles.